The molecule has 0 saturated carbocycles. The van der Waals surface area contributed by atoms with E-state index in [1.165, 1.54) is 10.7 Å². The second-order valence-corrected chi connectivity index (χ2v) is 5.87. The molecule has 1 heterocycles. The maximum atomic E-state index is 14.0. The van der Waals surface area contributed by atoms with E-state index in [0.29, 0.717) is 21.6 Å². The van der Waals surface area contributed by atoms with E-state index in [9.17, 15) is 13.6 Å². The summed E-state index contributed by atoms with van der Waals surface area (Å²) in [5.41, 5.74) is 0.977. The number of aldehydes is 1. The van der Waals surface area contributed by atoms with Gasteiger partial charge in [0, 0.05) is 16.7 Å². The summed E-state index contributed by atoms with van der Waals surface area (Å²) >= 11 is 9.15. The first kappa shape index (κ1) is 15.8. The van der Waals surface area contributed by atoms with Gasteiger partial charge in [0.25, 0.3) is 0 Å². The fourth-order valence-corrected chi connectivity index (χ4v) is 2.84. The van der Waals surface area contributed by atoms with Crippen molar-refractivity contribution in [2.45, 2.75) is 0 Å². The lowest BCUT2D eigenvalue weighted by molar-refractivity contribution is 0.112. The third kappa shape index (κ3) is 2.92. The number of rotatable bonds is 3. The van der Waals surface area contributed by atoms with Crippen molar-refractivity contribution in [1.29, 1.82) is 0 Å². The molecule has 0 aliphatic carbocycles. The van der Waals surface area contributed by atoms with E-state index in [1.54, 1.807) is 24.3 Å². The Morgan fingerprint density at radius 2 is 1.83 bits per heavy atom. The molecular weight excluding hydrogens is 390 g/mol. The van der Waals surface area contributed by atoms with E-state index in [4.69, 9.17) is 11.6 Å². The third-order valence-electron chi connectivity index (χ3n) is 3.24. The van der Waals surface area contributed by atoms with Gasteiger partial charge in [-0.1, -0.05) is 11.6 Å². The summed E-state index contributed by atoms with van der Waals surface area (Å²) < 4.78 is 28.9. The number of hydrogen-bond donors (Lipinski definition) is 0. The molecule has 2 aromatic carbocycles. The van der Waals surface area contributed by atoms with Crippen LogP contribution in [-0.4, -0.2) is 16.1 Å². The van der Waals surface area contributed by atoms with Gasteiger partial charge in [0.2, 0.25) is 0 Å². The van der Waals surface area contributed by atoms with Crippen LogP contribution in [0, 0.1) is 11.6 Å². The molecule has 7 heteroatoms. The Morgan fingerprint density at radius 3 is 2.43 bits per heavy atom. The van der Waals surface area contributed by atoms with Gasteiger partial charge in [-0.15, -0.1) is 0 Å². The van der Waals surface area contributed by atoms with Gasteiger partial charge in [-0.3, -0.25) is 4.79 Å². The van der Waals surface area contributed by atoms with E-state index >= 15 is 0 Å². The molecule has 0 radical (unpaired) electrons. The minimum atomic E-state index is -0.790. The molecule has 3 nitrogen and oxygen atoms in total. The van der Waals surface area contributed by atoms with Crippen LogP contribution in [0.25, 0.3) is 16.9 Å². The zero-order valence-corrected chi connectivity index (χ0v) is 13.8. The van der Waals surface area contributed by atoms with Gasteiger partial charge < -0.3 is 0 Å². The van der Waals surface area contributed by atoms with Gasteiger partial charge in [0.15, 0.2) is 6.29 Å². The molecule has 3 aromatic rings. The summed E-state index contributed by atoms with van der Waals surface area (Å²) in [4.78, 5) is 11.4. The molecule has 0 aliphatic rings. The van der Waals surface area contributed by atoms with E-state index in [1.807, 2.05) is 0 Å². The minimum absolute atomic E-state index is 0.0434. The standard InChI is InChI=1S/C16H8BrClF2N2O/c17-16-13(8-23)15(12-6-3-10(19)7-14(12)20)21-22(16)11-4-1-9(18)2-5-11/h1-8H. The van der Waals surface area contributed by atoms with Crippen molar-refractivity contribution < 1.29 is 13.6 Å². The van der Waals surface area contributed by atoms with Crippen LogP contribution in [0.5, 0.6) is 0 Å². The fraction of sp³-hybridized carbons (Fsp3) is 0. The van der Waals surface area contributed by atoms with Crippen LogP contribution >= 0.6 is 27.5 Å². The van der Waals surface area contributed by atoms with Crippen LogP contribution in [-0.2, 0) is 0 Å². The predicted molar refractivity (Wildman–Crippen MR) is 87.0 cm³/mol. The average molecular weight is 398 g/mol. The molecule has 3 rings (SSSR count). The highest BCUT2D eigenvalue weighted by molar-refractivity contribution is 9.10. The molecular formula is C16H8BrClF2N2O. The van der Waals surface area contributed by atoms with Crippen molar-refractivity contribution >= 4 is 33.8 Å². The summed E-state index contributed by atoms with van der Waals surface area (Å²) in [7, 11) is 0. The molecule has 0 amide bonds. The summed E-state index contributed by atoms with van der Waals surface area (Å²) in [6, 6.07) is 9.87. The smallest absolute Gasteiger partial charge is 0.155 e. The quantitative estimate of drug-likeness (QED) is 0.580. The van der Waals surface area contributed by atoms with Gasteiger partial charge in [-0.05, 0) is 52.3 Å². The highest BCUT2D eigenvalue weighted by Gasteiger charge is 2.20. The number of halogens is 4. The number of carbonyl (C=O) groups is 1. The Kier molecular flexibility index (Phi) is 4.28. The largest absolute Gasteiger partial charge is 0.298 e. The summed E-state index contributed by atoms with van der Waals surface area (Å²) in [5, 5.41) is 4.83. The number of hydrogen-bond acceptors (Lipinski definition) is 2. The van der Waals surface area contributed by atoms with Gasteiger partial charge in [-0.25, -0.2) is 13.5 Å². The van der Waals surface area contributed by atoms with Gasteiger partial charge >= 0.3 is 0 Å². The van der Waals surface area contributed by atoms with Crippen molar-refractivity contribution in [2.24, 2.45) is 0 Å². The maximum absolute atomic E-state index is 14.0. The first-order chi connectivity index (χ1) is 11.0. The fourth-order valence-electron chi connectivity index (χ4n) is 2.15. The number of carbonyl (C=O) groups excluding carboxylic acids is 1. The molecule has 0 N–H and O–H groups in total. The molecule has 0 fully saturated rings. The van der Waals surface area contributed by atoms with E-state index in [0.717, 1.165) is 12.1 Å². The lowest BCUT2D eigenvalue weighted by Crippen LogP contribution is -1.97. The molecule has 0 saturated heterocycles. The minimum Gasteiger partial charge on any atom is -0.298 e. The first-order valence-corrected chi connectivity index (χ1v) is 7.63. The molecule has 116 valence electrons. The van der Waals surface area contributed by atoms with Crippen molar-refractivity contribution in [2.75, 3.05) is 0 Å². The van der Waals surface area contributed by atoms with Gasteiger partial charge in [-0.2, -0.15) is 5.10 Å². The second kappa shape index (κ2) is 6.22. The molecule has 0 unspecified atom stereocenters. The predicted octanol–water partition coefficient (Wildman–Crippen LogP) is 5.05. The van der Waals surface area contributed by atoms with Gasteiger partial charge in [0.1, 0.15) is 21.9 Å². The third-order valence-corrected chi connectivity index (χ3v) is 4.25. The van der Waals surface area contributed by atoms with Crippen molar-refractivity contribution in [1.82, 2.24) is 9.78 Å². The van der Waals surface area contributed by atoms with Crippen LogP contribution in [0.2, 0.25) is 5.02 Å². The Balaban J connectivity index is 2.20. The average Bonchev–Trinajstić information content (AvgIpc) is 2.84. The first-order valence-electron chi connectivity index (χ1n) is 6.46. The van der Waals surface area contributed by atoms with Gasteiger partial charge in [0.05, 0.1) is 11.3 Å². The lowest BCUT2D eigenvalue weighted by Gasteiger charge is -2.03. The van der Waals surface area contributed by atoms with Crippen LogP contribution in [0.4, 0.5) is 8.78 Å². The SMILES string of the molecule is O=Cc1c(-c2ccc(F)cc2F)nn(-c2ccc(Cl)cc2)c1Br. The number of benzene rings is 2. The summed E-state index contributed by atoms with van der Waals surface area (Å²) in [5.74, 6) is -1.49. The van der Waals surface area contributed by atoms with Crippen LogP contribution < -0.4 is 0 Å². The van der Waals surface area contributed by atoms with Crippen molar-refractivity contribution in [3.8, 4) is 16.9 Å². The number of aromatic nitrogens is 2. The molecule has 0 aliphatic heterocycles. The summed E-state index contributed by atoms with van der Waals surface area (Å²) in [6.45, 7) is 0. The highest BCUT2D eigenvalue weighted by Crippen LogP contribution is 2.31. The Bertz CT molecular complexity index is 894. The Hall–Kier alpha value is -2.05. The normalized spacial score (nSPS) is 10.8. The molecule has 0 bridgehead atoms. The van der Waals surface area contributed by atoms with Crippen LogP contribution in [0.3, 0.4) is 0 Å². The zero-order chi connectivity index (χ0) is 16.6. The molecule has 0 atom stereocenters. The molecule has 1 aromatic heterocycles. The van der Waals surface area contributed by atoms with Crippen molar-refractivity contribution in [3.63, 3.8) is 0 Å². The van der Waals surface area contributed by atoms with Crippen LogP contribution in [0.1, 0.15) is 10.4 Å². The Morgan fingerprint density at radius 1 is 1.13 bits per heavy atom. The van der Waals surface area contributed by atoms with Crippen molar-refractivity contribution in [3.05, 3.63) is 69.3 Å². The molecule has 0 spiro atoms. The second-order valence-electron chi connectivity index (χ2n) is 4.68. The molecule has 23 heavy (non-hydrogen) atoms. The van der Waals surface area contributed by atoms with E-state index in [2.05, 4.69) is 21.0 Å². The van der Waals surface area contributed by atoms with E-state index in [-0.39, 0.29) is 16.8 Å². The lowest BCUT2D eigenvalue weighted by atomic mass is 10.1. The maximum Gasteiger partial charge on any atom is 0.155 e. The summed E-state index contributed by atoms with van der Waals surface area (Å²) in [6.07, 6.45) is 0.571. The van der Waals surface area contributed by atoms with Crippen LogP contribution in [0.15, 0.2) is 47.1 Å². The number of nitrogens with zero attached hydrogens (tertiary/aromatic N) is 2. The monoisotopic (exact) mass is 396 g/mol. The zero-order valence-electron chi connectivity index (χ0n) is 11.4. The van der Waals surface area contributed by atoms with E-state index < -0.39 is 11.6 Å². The topological polar surface area (TPSA) is 34.9 Å². The highest BCUT2D eigenvalue weighted by atomic mass is 79.9. The Labute approximate surface area is 143 Å².